The summed E-state index contributed by atoms with van der Waals surface area (Å²) < 4.78 is 2.24. The van der Waals surface area contributed by atoms with Crippen molar-refractivity contribution in [1.29, 1.82) is 0 Å². The summed E-state index contributed by atoms with van der Waals surface area (Å²) in [6.07, 6.45) is 6.58. The summed E-state index contributed by atoms with van der Waals surface area (Å²) in [4.78, 5) is 13.3. The quantitative estimate of drug-likeness (QED) is 0.516. The molecule has 5 nitrogen and oxygen atoms in total. The fraction of sp³-hybridized carbons (Fsp3) is 0.588. The SMILES string of the molecule is CCCCCNC(=O)CSc1nnc(Cc2cccs2)n1C1CC1. The fourth-order valence-corrected chi connectivity index (χ4v) is 4.13. The molecular weight excluding hydrogens is 340 g/mol. The Labute approximate surface area is 151 Å². The van der Waals surface area contributed by atoms with E-state index in [-0.39, 0.29) is 5.91 Å². The van der Waals surface area contributed by atoms with Crippen molar-refractivity contribution in [3.05, 3.63) is 28.2 Å². The first-order valence-electron chi connectivity index (χ1n) is 8.63. The molecule has 0 spiro atoms. The highest BCUT2D eigenvalue weighted by Crippen LogP contribution is 2.39. The second kappa shape index (κ2) is 8.67. The second-order valence-corrected chi connectivity index (χ2v) is 8.08. The van der Waals surface area contributed by atoms with E-state index in [0.29, 0.717) is 11.8 Å². The van der Waals surface area contributed by atoms with Gasteiger partial charge >= 0.3 is 0 Å². The lowest BCUT2D eigenvalue weighted by Crippen LogP contribution is -2.26. The van der Waals surface area contributed by atoms with Crippen molar-refractivity contribution in [2.75, 3.05) is 12.3 Å². The van der Waals surface area contributed by atoms with E-state index in [1.54, 1.807) is 11.3 Å². The molecule has 1 amide bonds. The topological polar surface area (TPSA) is 59.8 Å². The lowest BCUT2D eigenvalue weighted by Gasteiger charge is -2.08. The predicted molar refractivity (Wildman–Crippen MR) is 98.7 cm³/mol. The number of unbranched alkanes of at least 4 members (excludes halogenated alkanes) is 2. The number of thioether (sulfide) groups is 1. The van der Waals surface area contributed by atoms with Crippen LogP contribution in [0.2, 0.25) is 0 Å². The number of nitrogens with one attached hydrogen (secondary N) is 1. The summed E-state index contributed by atoms with van der Waals surface area (Å²) in [5, 5.41) is 14.7. The summed E-state index contributed by atoms with van der Waals surface area (Å²) in [5.41, 5.74) is 0. The van der Waals surface area contributed by atoms with Gasteiger partial charge in [0.25, 0.3) is 0 Å². The molecule has 24 heavy (non-hydrogen) atoms. The smallest absolute Gasteiger partial charge is 0.230 e. The Morgan fingerprint density at radius 3 is 3.00 bits per heavy atom. The summed E-state index contributed by atoms with van der Waals surface area (Å²) in [6, 6.07) is 4.72. The first-order valence-corrected chi connectivity index (χ1v) is 10.5. The summed E-state index contributed by atoms with van der Waals surface area (Å²) in [7, 11) is 0. The van der Waals surface area contributed by atoms with Crippen molar-refractivity contribution in [2.24, 2.45) is 0 Å². The Hall–Kier alpha value is -1.34. The van der Waals surface area contributed by atoms with Crippen molar-refractivity contribution in [1.82, 2.24) is 20.1 Å². The van der Waals surface area contributed by atoms with E-state index in [2.05, 4.69) is 44.5 Å². The van der Waals surface area contributed by atoms with Crippen LogP contribution in [0.25, 0.3) is 0 Å². The molecule has 1 aliphatic rings. The standard InChI is InChI=1S/C17H24N4OS2/c1-2-3-4-9-18-16(22)12-24-17-20-19-15(21(17)13-7-8-13)11-14-6-5-10-23-14/h5-6,10,13H,2-4,7-9,11-12H2,1H3,(H,18,22). The van der Waals surface area contributed by atoms with Gasteiger partial charge in [-0.3, -0.25) is 4.79 Å². The average molecular weight is 365 g/mol. The van der Waals surface area contributed by atoms with Crippen molar-refractivity contribution >= 4 is 29.0 Å². The number of carbonyl (C=O) groups excluding carboxylic acids is 1. The van der Waals surface area contributed by atoms with Gasteiger partial charge in [-0.1, -0.05) is 37.6 Å². The van der Waals surface area contributed by atoms with Crippen LogP contribution in [0, 0.1) is 0 Å². The van der Waals surface area contributed by atoms with Gasteiger partial charge in [-0.15, -0.1) is 21.5 Å². The average Bonchev–Trinajstić information content (AvgIpc) is 3.13. The maximum absolute atomic E-state index is 12.0. The predicted octanol–water partition coefficient (Wildman–Crippen LogP) is 3.66. The number of rotatable bonds is 10. The van der Waals surface area contributed by atoms with Gasteiger partial charge in [0.2, 0.25) is 5.91 Å². The third-order valence-electron chi connectivity index (χ3n) is 3.99. The maximum atomic E-state index is 12.0. The largest absolute Gasteiger partial charge is 0.355 e. The molecule has 0 bridgehead atoms. The van der Waals surface area contributed by atoms with Crippen molar-refractivity contribution in [3.63, 3.8) is 0 Å². The van der Waals surface area contributed by atoms with Crippen LogP contribution in [0.1, 0.15) is 55.8 Å². The molecule has 3 rings (SSSR count). The highest BCUT2D eigenvalue weighted by Gasteiger charge is 2.29. The van der Waals surface area contributed by atoms with Gasteiger partial charge < -0.3 is 9.88 Å². The Kier molecular flexibility index (Phi) is 6.31. The zero-order chi connectivity index (χ0) is 16.8. The fourth-order valence-electron chi connectivity index (χ4n) is 2.58. The van der Waals surface area contributed by atoms with E-state index in [4.69, 9.17) is 0 Å². The highest BCUT2D eigenvalue weighted by atomic mass is 32.2. The maximum Gasteiger partial charge on any atom is 0.230 e. The van der Waals surface area contributed by atoms with Crippen LogP contribution < -0.4 is 5.32 Å². The third kappa shape index (κ3) is 4.83. The van der Waals surface area contributed by atoms with E-state index in [0.717, 1.165) is 36.8 Å². The van der Waals surface area contributed by atoms with Gasteiger partial charge in [-0.2, -0.15) is 0 Å². The molecule has 130 valence electrons. The van der Waals surface area contributed by atoms with Crippen LogP contribution in [0.15, 0.2) is 22.7 Å². The zero-order valence-corrected chi connectivity index (χ0v) is 15.7. The van der Waals surface area contributed by atoms with Gasteiger partial charge in [-0.25, -0.2) is 0 Å². The van der Waals surface area contributed by atoms with Crippen LogP contribution in [-0.2, 0) is 11.2 Å². The molecule has 7 heteroatoms. The number of hydrogen-bond donors (Lipinski definition) is 1. The summed E-state index contributed by atoms with van der Waals surface area (Å²) in [6.45, 7) is 2.93. The summed E-state index contributed by atoms with van der Waals surface area (Å²) in [5.74, 6) is 1.52. The number of thiophene rings is 1. The van der Waals surface area contributed by atoms with Crippen molar-refractivity contribution in [3.8, 4) is 0 Å². The van der Waals surface area contributed by atoms with E-state index >= 15 is 0 Å². The van der Waals surface area contributed by atoms with Gasteiger partial charge in [0.15, 0.2) is 5.16 Å². The van der Waals surface area contributed by atoms with Crippen molar-refractivity contribution in [2.45, 2.75) is 56.6 Å². The van der Waals surface area contributed by atoms with Crippen LogP contribution in [0.5, 0.6) is 0 Å². The van der Waals surface area contributed by atoms with Crippen LogP contribution in [0.4, 0.5) is 0 Å². The highest BCUT2D eigenvalue weighted by molar-refractivity contribution is 7.99. The molecule has 0 radical (unpaired) electrons. The van der Waals surface area contributed by atoms with E-state index < -0.39 is 0 Å². The lowest BCUT2D eigenvalue weighted by molar-refractivity contribution is -0.118. The normalized spacial score (nSPS) is 14.0. The number of nitrogens with zero attached hydrogens (tertiary/aromatic N) is 3. The molecular formula is C17H24N4OS2. The molecule has 2 heterocycles. The number of hydrogen-bond acceptors (Lipinski definition) is 5. The molecule has 2 aromatic rings. The molecule has 0 atom stereocenters. The monoisotopic (exact) mass is 364 g/mol. The Bertz CT molecular complexity index is 650. The Morgan fingerprint density at radius 2 is 2.29 bits per heavy atom. The number of carbonyl (C=O) groups is 1. The molecule has 0 saturated heterocycles. The first kappa shape index (κ1) is 17.5. The van der Waals surface area contributed by atoms with E-state index in [1.807, 2.05) is 0 Å². The molecule has 1 saturated carbocycles. The van der Waals surface area contributed by atoms with Crippen molar-refractivity contribution < 1.29 is 4.79 Å². The Balaban J connectivity index is 1.55. The third-order valence-corrected chi connectivity index (χ3v) is 5.81. The van der Waals surface area contributed by atoms with Crippen LogP contribution in [-0.4, -0.2) is 33.0 Å². The number of amides is 1. The number of aromatic nitrogens is 3. The second-order valence-electron chi connectivity index (χ2n) is 6.10. The minimum atomic E-state index is 0.0845. The van der Waals surface area contributed by atoms with E-state index in [1.165, 1.54) is 35.9 Å². The molecule has 0 aromatic carbocycles. The van der Waals surface area contributed by atoms with E-state index in [9.17, 15) is 4.79 Å². The van der Waals surface area contributed by atoms with Crippen LogP contribution >= 0.6 is 23.1 Å². The van der Waals surface area contributed by atoms with Gasteiger partial charge in [0.05, 0.1) is 5.75 Å². The zero-order valence-electron chi connectivity index (χ0n) is 14.0. The van der Waals surface area contributed by atoms with Gasteiger partial charge in [0, 0.05) is 23.9 Å². The molecule has 0 unspecified atom stereocenters. The molecule has 1 N–H and O–H groups in total. The van der Waals surface area contributed by atoms with Crippen LogP contribution in [0.3, 0.4) is 0 Å². The minimum Gasteiger partial charge on any atom is -0.355 e. The molecule has 2 aromatic heterocycles. The minimum absolute atomic E-state index is 0.0845. The Morgan fingerprint density at radius 1 is 1.42 bits per heavy atom. The summed E-state index contributed by atoms with van der Waals surface area (Å²) >= 11 is 3.25. The molecule has 0 aliphatic heterocycles. The molecule has 1 aliphatic carbocycles. The first-order chi connectivity index (χ1) is 11.8. The lowest BCUT2D eigenvalue weighted by atomic mass is 10.2. The van der Waals surface area contributed by atoms with Gasteiger partial charge in [0.1, 0.15) is 5.82 Å². The molecule has 1 fully saturated rings. The van der Waals surface area contributed by atoms with Gasteiger partial charge in [-0.05, 0) is 30.7 Å².